The molecule has 0 saturated heterocycles. The Morgan fingerprint density at radius 3 is 2.44 bits per heavy atom. The highest BCUT2D eigenvalue weighted by molar-refractivity contribution is 5.85. The molecule has 0 aromatic rings. The Morgan fingerprint density at radius 2 is 1.84 bits per heavy atom. The van der Waals surface area contributed by atoms with Gasteiger partial charge < -0.3 is 4.90 Å². The van der Waals surface area contributed by atoms with Gasteiger partial charge in [0.25, 0.3) is 0 Å². The molecule has 3 saturated carbocycles. The summed E-state index contributed by atoms with van der Waals surface area (Å²) in [6.45, 7) is 9.03. The monoisotopic (exact) mass is 347 g/mol. The highest BCUT2D eigenvalue weighted by atomic mass is 16.2. The van der Waals surface area contributed by atoms with Crippen molar-refractivity contribution in [1.82, 2.24) is 4.90 Å². The van der Waals surface area contributed by atoms with Crippen LogP contribution in [-0.4, -0.2) is 30.7 Å². The highest BCUT2D eigenvalue weighted by Crippen LogP contribution is 2.60. The molecule has 3 heteroatoms. The molecule has 0 aliphatic heterocycles. The summed E-state index contributed by atoms with van der Waals surface area (Å²) in [7, 11) is 3.80. The first kappa shape index (κ1) is 18.9. The zero-order valence-electron chi connectivity index (χ0n) is 17.0. The predicted octanol–water partition coefficient (Wildman–Crippen LogP) is 4.40. The molecule has 25 heavy (non-hydrogen) atoms. The number of Topliss-reactive ketones (excluding diaryl/α,β-unsaturated/α-hetero) is 1. The zero-order valence-corrected chi connectivity index (χ0v) is 17.0. The average Bonchev–Trinajstić information content (AvgIpc) is 2.56. The number of hydrogen-bond acceptors (Lipinski definition) is 2. The first-order valence-electron chi connectivity index (χ1n) is 10.4. The lowest BCUT2D eigenvalue weighted by Gasteiger charge is -2.58. The topological polar surface area (TPSA) is 37.4 Å². The van der Waals surface area contributed by atoms with E-state index < -0.39 is 0 Å². The number of rotatable bonds is 2. The van der Waals surface area contributed by atoms with Crippen LogP contribution in [0.1, 0.15) is 66.2 Å². The van der Waals surface area contributed by atoms with Gasteiger partial charge >= 0.3 is 0 Å². The Bertz CT molecular complexity index is 538. The number of nitrogens with zero attached hydrogens (tertiary/aromatic N) is 1. The van der Waals surface area contributed by atoms with Crippen LogP contribution in [0.3, 0.4) is 0 Å². The summed E-state index contributed by atoms with van der Waals surface area (Å²) in [5.41, 5.74) is -0.147. The number of amides is 1. The molecule has 3 fully saturated rings. The molecule has 3 nitrogen and oxygen atoms in total. The molecule has 7 atom stereocenters. The van der Waals surface area contributed by atoms with E-state index in [2.05, 4.69) is 27.7 Å². The summed E-state index contributed by atoms with van der Waals surface area (Å²) in [6, 6.07) is 0. The maximum atomic E-state index is 12.8. The molecule has 6 unspecified atom stereocenters. The molecule has 1 amide bonds. The minimum absolute atomic E-state index is 0.147. The molecule has 3 aliphatic carbocycles. The quantitative estimate of drug-likeness (QED) is 0.742. The van der Waals surface area contributed by atoms with Gasteiger partial charge in [-0.2, -0.15) is 0 Å². The smallest absolute Gasteiger partial charge is 0.225 e. The van der Waals surface area contributed by atoms with E-state index in [1.165, 1.54) is 12.8 Å². The lowest BCUT2D eigenvalue weighted by molar-refractivity contribution is -0.152. The molecule has 0 aromatic heterocycles. The zero-order chi connectivity index (χ0) is 18.5. The van der Waals surface area contributed by atoms with Crippen LogP contribution in [0, 0.1) is 46.8 Å². The van der Waals surface area contributed by atoms with Crippen molar-refractivity contribution in [2.45, 2.75) is 66.2 Å². The highest BCUT2D eigenvalue weighted by Gasteiger charge is 2.56. The summed E-state index contributed by atoms with van der Waals surface area (Å²) in [6.07, 6.45) is 6.38. The van der Waals surface area contributed by atoms with E-state index in [4.69, 9.17) is 0 Å². The fourth-order valence-electron chi connectivity index (χ4n) is 7.06. The first-order chi connectivity index (χ1) is 11.7. The molecule has 0 N–H and O–H groups in total. The van der Waals surface area contributed by atoms with E-state index >= 15 is 0 Å². The van der Waals surface area contributed by atoms with Gasteiger partial charge in [-0.25, -0.2) is 0 Å². The number of hydrogen-bond donors (Lipinski definition) is 0. The van der Waals surface area contributed by atoms with Gasteiger partial charge in [-0.3, -0.25) is 9.59 Å². The van der Waals surface area contributed by atoms with Gasteiger partial charge in [-0.15, -0.1) is 0 Å². The van der Waals surface area contributed by atoms with E-state index in [1.54, 1.807) is 4.90 Å². The van der Waals surface area contributed by atoms with Crippen LogP contribution in [0.5, 0.6) is 0 Å². The molecule has 142 valence electrons. The van der Waals surface area contributed by atoms with Crippen LogP contribution in [0.4, 0.5) is 0 Å². The van der Waals surface area contributed by atoms with Gasteiger partial charge in [0.05, 0.1) is 0 Å². The van der Waals surface area contributed by atoms with Crippen LogP contribution in [0.15, 0.2) is 0 Å². The maximum absolute atomic E-state index is 12.8. The summed E-state index contributed by atoms with van der Waals surface area (Å²) in [5, 5.41) is 0. The van der Waals surface area contributed by atoms with Crippen LogP contribution in [0.2, 0.25) is 0 Å². The molecule has 0 bridgehead atoms. The summed E-state index contributed by atoms with van der Waals surface area (Å²) in [5.74, 6) is 4.75. The summed E-state index contributed by atoms with van der Waals surface area (Å²) in [4.78, 5) is 27.1. The van der Waals surface area contributed by atoms with Crippen molar-refractivity contribution in [2.24, 2.45) is 46.8 Å². The largest absolute Gasteiger partial charge is 0.349 e. The van der Waals surface area contributed by atoms with Crippen LogP contribution < -0.4 is 0 Å². The Balaban J connectivity index is 1.89. The van der Waals surface area contributed by atoms with E-state index in [0.717, 1.165) is 25.7 Å². The molecule has 0 spiro atoms. The normalized spacial score (nSPS) is 43.1. The Labute approximate surface area is 153 Å². The minimum Gasteiger partial charge on any atom is -0.349 e. The van der Waals surface area contributed by atoms with E-state index in [0.29, 0.717) is 47.2 Å². The van der Waals surface area contributed by atoms with E-state index in [1.807, 2.05) is 14.1 Å². The second-order valence-corrected chi connectivity index (χ2v) is 9.90. The van der Waals surface area contributed by atoms with Crippen molar-refractivity contribution in [2.75, 3.05) is 14.1 Å². The minimum atomic E-state index is -0.147. The third-order valence-corrected chi connectivity index (χ3v) is 8.25. The van der Waals surface area contributed by atoms with Crippen LogP contribution >= 0.6 is 0 Å². The Kier molecular flexibility index (Phi) is 5.07. The second-order valence-electron chi connectivity index (χ2n) is 9.90. The number of fused-ring (bicyclic) bond motifs is 3. The van der Waals surface area contributed by atoms with E-state index in [-0.39, 0.29) is 11.3 Å². The second kappa shape index (κ2) is 6.70. The molecule has 0 radical (unpaired) electrons. The number of carbonyl (C=O) groups is 2. The van der Waals surface area contributed by atoms with Crippen LogP contribution in [-0.2, 0) is 9.59 Å². The fourth-order valence-corrected chi connectivity index (χ4v) is 7.06. The van der Waals surface area contributed by atoms with Crippen molar-refractivity contribution >= 4 is 11.7 Å². The van der Waals surface area contributed by atoms with Crippen molar-refractivity contribution in [3.63, 3.8) is 0 Å². The van der Waals surface area contributed by atoms with Gasteiger partial charge in [-0.05, 0) is 61.2 Å². The Morgan fingerprint density at radius 1 is 1.16 bits per heavy atom. The molecule has 0 heterocycles. The molecular formula is C22H37NO2. The fraction of sp³-hybridized carbons (Fsp3) is 0.909. The van der Waals surface area contributed by atoms with Crippen molar-refractivity contribution in [3.8, 4) is 0 Å². The number of carbonyl (C=O) groups excluding carboxylic acids is 2. The molecule has 3 aliphatic rings. The van der Waals surface area contributed by atoms with Gasteiger partial charge in [0.2, 0.25) is 5.91 Å². The van der Waals surface area contributed by atoms with Gasteiger partial charge in [0, 0.05) is 31.8 Å². The molecule has 3 rings (SSSR count). The third kappa shape index (κ3) is 2.96. The standard InChI is InChI=1S/C22H37NO2/c1-7-14-15-8-10-18-16(9-11-19(24)22(18,3)4)20(15)13(2)12-17(14)21(25)23(5)6/h13-18,20H,7-12H2,1-6H3/t13-,14?,15?,16?,17?,18?,20?/m1/s1. The van der Waals surface area contributed by atoms with Crippen LogP contribution in [0.25, 0.3) is 0 Å². The van der Waals surface area contributed by atoms with Gasteiger partial charge in [0.15, 0.2) is 0 Å². The summed E-state index contributed by atoms with van der Waals surface area (Å²) < 4.78 is 0. The van der Waals surface area contributed by atoms with Crippen molar-refractivity contribution in [3.05, 3.63) is 0 Å². The first-order valence-corrected chi connectivity index (χ1v) is 10.4. The number of ketones is 1. The SMILES string of the molecule is CCC1C(C(=O)N(C)C)C[C@@H](C)C2C1CCC1C2CCC(=O)C1(C)C. The van der Waals surface area contributed by atoms with Crippen molar-refractivity contribution < 1.29 is 9.59 Å². The maximum Gasteiger partial charge on any atom is 0.225 e. The average molecular weight is 348 g/mol. The summed E-state index contributed by atoms with van der Waals surface area (Å²) >= 11 is 0. The lowest BCUT2D eigenvalue weighted by atomic mass is 9.46. The Hall–Kier alpha value is -0.860. The molecular weight excluding hydrogens is 310 g/mol. The third-order valence-electron chi connectivity index (χ3n) is 8.25. The molecule has 0 aromatic carbocycles. The van der Waals surface area contributed by atoms with E-state index in [9.17, 15) is 9.59 Å². The van der Waals surface area contributed by atoms with Crippen molar-refractivity contribution in [1.29, 1.82) is 0 Å². The van der Waals surface area contributed by atoms with Gasteiger partial charge in [-0.1, -0.05) is 34.1 Å². The predicted molar refractivity (Wildman–Crippen MR) is 101 cm³/mol. The van der Waals surface area contributed by atoms with Gasteiger partial charge in [0.1, 0.15) is 5.78 Å². The lowest BCUT2D eigenvalue weighted by Crippen LogP contribution is -2.55.